The number of aromatic nitrogens is 5. The van der Waals surface area contributed by atoms with E-state index in [1.165, 1.54) is 11.3 Å². The summed E-state index contributed by atoms with van der Waals surface area (Å²) < 4.78 is 5.99. The molecule has 0 unspecified atom stereocenters. The molecule has 1 N–H and O–H groups in total. The van der Waals surface area contributed by atoms with Crippen LogP contribution in [0.25, 0.3) is 0 Å². The fraction of sp³-hybridized carbons (Fsp3) is 0.308. The van der Waals surface area contributed by atoms with Crippen LogP contribution < -0.4 is 19.9 Å². The highest BCUT2D eigenvalue weighted by molar-refractivity contribution is 7.17. The maximum Gasteiger partial charge on any atom is 0.263 e. The van der Waals surface area contributed by atoms with Gasteiger partial charge in [0.05, 0.1) is 35.0 Å². The van der Waals surface area contributed by atoms with Gasteiger partial charge in [-0.25, -0.2) is 4.98 Å². The number of benzene rings is 1. The first-order chi connectivity index (χ1) is 17.8. The fourth-order valence-electron chi connectivity index (χ4n) is 4.53. The zero-order valence-electron chi connectivity index (χ0n) is 21.0. The Morgan fingerprint density at radius 2 is 1.70 bits per heavy atom. The molecule has 0 spiro atoms. The van der Waals surface area contributed by atoms with E-state index < -0.39 is 0 Å². The average molecular weight is 515 g/mol. The molecule has 2 aliphatic rings. The number of nitrogens with one attached hydrogen (secondary N) is 1. The summed E-state index contributed by atoms with van der Waals surface area (Å²) in [5.74, 6) is 1.92. The SMILES string of the molecule is Cc1ccc(N(c2ccc3c(c2)N(c2nc4c(s2)C(=O)NC(C)(C)C4)CCO3)c2ccc(C)nn2)nn1. The molecule has 10 nitrogen and oxygen atoms in total. The van der Waals surface area contributed by atoms with Crippen molar-refractivity contribution in [2.45, 2.75) is 39.7 Å². The lowest BCUT2D eigenvalue weighted by Gasteiger charge is -2.31. The summed E-state index contributed by atoms with van der Waals surface area (Å²) in [5.41, 5.74) is 3.85. The molecule has 0 fully saturated rings. The highest BCUT2D eigenvalue weighted by atomic mass is 32.1. The Balaban J connectivity index is 1.44. The van der Waals surface area contributed by atoms with E-state index in [-0.39, 0.29) is 11.4 Å². The van der Waals surface area contributed by atoms with Gasteiger partial charge in [0.1, 0.15) is 17.2 Å². The zero-order chi connectivity index (χ0) is 25.7. The normalized spacial score (nSPS) is 15.9. The van der Waals surface area contributed by atoms with Gasteiger partial charge in [-0.2, -0.15) is 10.2 Å². The van der Waals surface area contributed by atoms with Crippen LogP contribution in [0.2, 0.25) is 0 Å². The molecule has 4 aromatic rings. The summed E-state index contributed by atoms with van der Waals surface area (Å²) in [5, 5.41) is 21.2. The van der Waals surface area contributed by atoms with Gasteiger partial charge >= 0.3 is 0 Å². The molecule has 3 aromatic heterocycles. The molecular weight excluding hydrogens is 488 g/mol. The Hall–Kier alpha value is -4.12. The van der Waals surface area contributed by atoms with Crippen LogP contribution in [0.3, 0.4) is 0 Å². The number of ether oxygens (including phenoxy) is 1. The van der Waals surface area contributed by atoms with Crippen molar-refractivity contribution in [1.29, 1.82) is 0 Å². The molecule has 0 bridgehead atoms. The number of hydrogen-bond acceptors (Lipinski definition) is 10. The van der Waals surface area contributed by atoms with Gasteiger partial charge in [-0.1, -0.05) is 11.3 Å². The predicted molar refractivity (Wildman–Crippen MR) is 142 cm³/mol. The van der Waals surface area contributed by atoms with E-state index in [0.717, 1.165) is 39.3 Å². The van der Waals surface area contributed by atoms with E-state index in [1.54, 1.807) is 0 Å². The molecule has 11 heteroatoms. The summed E-state index contributed by atoms with van der Waals surface area (Å²) in [6, 6.07) is 13.6. The van der Waals surface area contributed by atoms with Crippen molar-refractivity contribution in [3.05, 3.63) is 64.4 Å². The van der Waals surface area contributed by atoms with E-state index >= 15 is 0 Å². The summed E-state index contributed by atoms with van der Waals surface area (Å²) >= 11 is 1.41. The molecule has 188 valence electrons. The van der Waals surface area contributed by atoms with E-state index in [1.807, 2.05) is 75.1 Å². The topological polar surface area (TPSA) is 109 Å². The summed E-state index contributed by atoms with van der Waals surface area (Å²) in [6.45, 7) is 8.96. The van der Waals surface area contributed by atoms with Crippen LogP contribution in [0, 0.1) is 13.8 Å². The summed E-state index contributed by atoms with van der Waals surface area (Å²) in [4.78, 5) is 22.3. The molecule has 0 aliphatic carbocycles. The van der Waals surface area contributed by atoms with Crippen molar-refractivity contribution in [2.24, 2.45) is 0 Å². The number of thiazole rings is 1. The van der Waals surface area contributed by atoms with Gasteiger partial charge < -0.3 is 15.0 Å². The quantitative estimate of drug-likeness (QED) is 0.424. The Kier molecular flexibility index (Phi) is 5.52. The lowest BCUT2D eigenvalue weighted by molar-refractivity contribution is 0.0901. The monoisotopic (exact) mass is 514 g/mol. The number of fused-ring (bicyclic) bond motifs is 2. The summed E-state index contributed by atoms with van der Waals surface area (Å²) in [6.07, 6.45) is 0.688. The van der Waals surface area contributed by atoms with Crippen molar-refractivity contribution >= 4 is 45.4 Å². The van der Waals surface area contributed by atoms with Gasteiger partial charge in [-0.15, -0.1) is 10.2 Å². The number of carbonyl (C=O) groups excluding carboxylic acids is 1. The first-order valence-corrected chi connectivity index (χ1v) is 12.9. The molecular formula is C26H26N8O2S. The molecule has 2 aliphatic heterocycles. The average Bonchev–Trinajstić information content (AvgIpc) is 3.29. The predicted octanol–water partition coefficient (Wildman–Crippen LogP) is 4.40. The van der Waals surface area contributed by atoms with Crippen LogP contribution in [0.15, 0.2) is 42.5 Å². The molecule has 0 saturated carbocycles. The van der Waals surface area contributed by atoms with Crippen molar-refractivity contribution in [3.8, 4) is 5.75 Å². The van der Waals surface area contributed by atoms with Gasteiger partial charge in [-0.05, 0) is 70.2 Å². The first-order valence-electron chi connectivity index (χ1n) is 12.0. The van der Waals surface area contributed by atoms with E-state index in [4.69, 9.17) is 9.72 Å². The molecule has 37 heavy (non-hydrogen) atoms. The lowest BCUT2D eigenvalue weighted by Crippen LogP contribution is -2.48. The standard InChI is InChI=1S/C26H26N8O2S/c1-15-5-9-21(31-29-15)34(22-10-6-16(2)30-32-22)17-7-8-20-19(13-17)33(11-12-36-20)25-27-18-14-26(3,4)28-24(35)23(18)37-25/h5-10,13H,11-12,14H2,1-4H3,(H,28,35). The van der Waals surface area contributed by atoms with Gasteiger partial charge in [-0.3, -0.25) is 9.69 Å². The third-order valence-corrected chi connectivity index (χ3v) is 7.39. The highest BCUT2D eigenvalue weighted by Gasteiger charge is 2.35. The van der Waals surface area contributed by atoms with Gasteiger partial charge in [0.25, 0.3) is 5.91 Å². The molecule has 1 amide bonds. The molecule has 5 heterocycles. The number of rotatable bonds is 4. The van der Waals surface area contributed by atoms with Crippen LogP contribution in [-0.4, -0.2) is 50.0 Å². The van der Waals surface area contributed by atoms with Crippen LogP contribution in [0.5, 0.6) is 5.75 Å². The smallest absolute Gasteiger partial charge is 0.263 e. The van der Waals surface area contributed by atoms with Crippen molar-refractivity contribution in [2.75, 3.05) is 23.0 Å². The van der Waals surface area contributed by atoms with Crippen LogP contribution in [0.1, 0.15) is 40.6 Å². The first kappa shape index (κ1) is 23.3. The Morgan fingerprint density at radius 1 is 1.00 bits per heavy atom. The zero-order valence-corrected chi connectivity index (χ0v) is 21.8. The lowest BCUT2D eigenvalue weighted by atomic mass is 9.94. The second kappa shape index (κ2) is 8.77. The molecule has 6 rings (SSSR count). The Bertz CT molecular complexity index is 1440. The third kappa shape index (κ3) is 4.35. The van der Waals surface area contributed by atoms with Crippen LogP contribution in [0.4, 0.5) is 28.1 Å². The Labute approximate surface area is 218 Å². The van der Waals surface area contributed by atoms with Crippen molar-refractivity contribution in [1.82, 2.24) is 30.7 Å². The third-order valence-electron chi connectivity index (χ3n) is 6.27. The van der Waals surface area contributed by atoms with Crippen LogP contribution >= 0.6 is 11.3 Å². The minimum absolute atomic E-state index is 0.0701. The maximum absolute atomic E-state index is 12.7. The van der Waals surface area contributed by atoms with Crippen molar-refractivity contribution in [3.63, 3.8) is 0 Å². The summed E-state index contributed by atoms with van der Waals surface area (Å²) in [7, 11) is 0. The highest BCUT2D eigenvalue weighted by Crippen LogP contribution is 2.44. The van der Waals surface area contributed by atoms with Crippen molar-refractivity contribution < 1.29 is 9.53 Å². The maximum atomic E-state index is 12.7. The number of aryl methyl sites for hydroxylation is 2. The number of nitrogens with zero attached hydrogens (tertiary/aromatic N) is 7. The second-order valence-corrected chi connectivity index (χ2v) is 10.8. The molecule has 0 radical (unpaired) electrons. The fourth-order valence-corrected chi connectivity index (χ4v) is 5.54. The van der Waals surface area contributed by atoms with Gasteiger partial charge in [0.15, 0.2) is 16.8 Å². The second-order valence-electron chi connectivity index (χ2n) is 9.84. The largest absolute Gasteiger partial charge is 0.490 e. The van der Waals surface area contributed by atoms with Crippen LogP contribution in [-0.2, 0) is 6.42 Å². The van der Waals surface area contributed by atoms with E-state index in [9.17, 15) is 4.79 Å². The molecule has 0 saturated heterocycles. The van der Waals surface area contributed by atoms with Gasteiger partial charge in [0, 0.05) is 12.0 Å². The van der Waals surface area contributed by atoms with Gasteiger partial charge in [0.2, 0.25) is 0 Å². The minimum atomic E-state index is -0.323. The van der Waals surface area contributed by atoms with E-state index in [0.29, 0.717) is 36.1 Å². The number of carbonyl (C=O) groups is 1. The van der Waals surface area contributed by atoms with E-state index in [2.05, 4.69) is 30.6 Å². The number of hydrogen-bond donors (Lipinski definition) is 1. The minimum Gasteiger partial charge on any atom is -0.490 e. The molecule has 1 aromatic carbocycles. The Morgan fingerprint density at radius 3 is 2.35 bits per heavy atom. The molecule has 0 atom stereocenters. The number of amides is 1. The number of anilines is 5.